The fourth-order valence-corrected chi connectivity index (χ4v) is 3.77. The first-order valence-corrected chi connectivity index (χ1v) is 8.92. The Morgan fingerprint density at radius 3 is 2.78 bits per heavy atom. The molecule has 1 saturated heterocycles. The van der Waals surface area contributed by atoms with Crippen LogP contribution in [0.15, 0.2) is 36.4 Å². The minimum absolute atomic E-state index is 0.0212. The Balaban J connectivity index is 1.54. The summed E-state index contributed by atoms with van der Waals surface area (Å²) in [5, 5.41) is 29.8. The van der Waals surface area contributed by atoms with E-state index in [-0.39, 0.29) is 30.3 Å². The highest BCUT2D eigenvalue weighted by molar-refractivity contribution is 5.30. The van der Waals surface area contributed by atoms with Crippen LogP contribution in [0.3, 0.4) is 0 Å². The van der Waals surface area contributed by atoms with Crippen LogP contribution in [0.25, 0.3) is 0 Å². The minimum Gasteiger partial charge on any atom is -0.491 e. The lowest BCUT2D eigenvalue weighted by atomic mass is 9.87. The van der Waals surface area contributed by atoms with Crippen molar-refractivity contribution in [2.24, 2.45) is 11.8 Å². The zero-order valence-corrected chi connectivity index (χ0v) is 14.5. The van der Waals surface area contributed by atoms with E-state index in [4.69, 9.17) is 9.47 Å². The van der Waals surface area contributed by atoms with Crippen molar-refractivity contribution in [3.63, 3.8) is 0 Å². The van der Waals surface area contributed by atoms with Crippen LogP contribution in [0.2, 0.25) is 0 Å². The summed E-state index contributed by atoms with van der Waals surface area (Å²) in [5.41, 5.74) is -0.815. The lowest BCUT2D eigenvalue weighted by Gasteiger charge is -2.31. The molecule has 4 unspecified atom stereocenters. The molecule has 0 spiro atoms. The Hall–Kier alpha value is -1.61. The fourth-order valence-electron chi connectivity index (χ4n) is 3.77. The van der Waals surface area contributed by atoms with E-state index in [0.717, 1.165) is 12.1 Å². The maximum atomic E-state index is 12.7. The van der Waals surface area contributed by atoms with Crippen LogP contribution >= 0.6 is 0 Å². The van der Waals surface area contributed by atoms with E-state index in [2.05, 4.69) is 0 Å². The van der Waals surface area contributed by atoms with Crippen molar-refractivity contribution >= 4 is 0 Å². The van der Waals surface area contributed by atoms with Crippen molar-refractivity contribution in [3.05, 3.63) is 42.0 Å². The number of fused-ring (bicyclic) bond motifs is 1. The molecule has 3 N–H and O–H groups in total. The average molecular weight is 388 g/mol. The molecule has 5 nitrogen and oxygen atoms in total. The molecule has 8 heteroatoms. The van der Waals surface area contributed by atoms with Gasteiger partial charge in [-0.25, -0.2) is 0 Å². The highest BCUT2D eigenvalue weighted by Crippen LogP contribution is 2.42. The summed E-state index contributed by atoms with van der Waals surface area (Å²) < 4.78 is 48.8. The van der Waals surface area contributed by atoms with Gasteiger partial charge in [-0.05, 0) is 37.0 Å². The van der Waals surface area contributed by atoms with Crippen molar-refractivity contribution in [3.8, 4) is 5.75 Å². The third kappa shape index (κ3) is 5.01. The van der Waals surface area contributed by atoms with E-state index in [1.165, 1.54) is 18.2 Å². The Kier molecular flexibility index (Phi) is 6.10. The summed E-state index contributed by atoms with van der Waals surface area (Å²) in [6, 6.07) is 4.46. The first-order chi connectivity index (χ1) is 12.7. The standard InChI is InChI=1S/C19H23F3O5/c20-19(21,22)11-2-1-3-13(8-11)26-10-12(23)4-5-14-15-6-7-18(25)27-17(15)9-16(14)24/h1-5,8,12,14-18,23-25H,6-7,9-10H2/b5-4+/t12?,14-,15-,16?,17?,18?/m1/s1. The van der Waals surface area contributed by atoms with E-state index in [0.29, 0.717) is 19.3 Å². The average Bonchev–Trinajstić information content (AvgIpc) is 2.92. The second kappa shape index (κ2) is 8.18. The van der Waals surface area contributed by atoms with Gasteiger partial charge in [0, 0.05) is 12.3 Å². The first kappa shape index (κ1) is 20.1. The first-order valence-electron chi connectivity index (χ1n) is 8.92. The van der Waals surface area contributed by atoms with Crippen molar-refractivity contribution in [2.45, 2.75) is 50.0 Å². The minimum atomic E-state index is -4.46. The number of hydrogen-bond donors (Lipinski definition) is 3. The normalized spacial score (nSPS) is 32.4. The molecule has 2 fully saturated rings. The number of rotatable bonds is 5. The SMILES string of the molecule is OC(/C=C/[C@H]1C(O)CC2OC(O)CC[C@@H]21)COc1cccc(C(F)(F)F)c1. The molecule has 1 aliphatic carbocycles. The molecule has 27 heavy (non-hydrogen) atoms. The highest BCUT2D eigenvalue weighted by atomic mass is 19.4. The molecule has 0 aromatic heterocycles. The lowest BCUT2D eigenvalue weighted by molar-refractivity contribution is -0.177. The molecular weight excluding hydrogens is 365 g/mol. The largest absolute Gasteiger partial charge is 0.491 e. The monoisotopic (exact) mass is 388 g/mol. The van der Waals surface area contributed by atoms with Crippen LogP contribution in [-0.4, -0.2) is 46.5 Å². The zero-order chi connectivity index (χ0) is 19.6. The van der Waals surface area contributed by atoms with Crippen LogP contribution in [-0.2, 0) is 10.9 Å². The third-order valence-electron chi connectivity index (χ3n) is 5.11. The van der Waals surface area contributed by atoms with Gasteiger partial charge in [0.1, 0.15) is 18.5 Å². The van der Waals surface area contributed by atoms with E-state index in [9.17, 15) is 28.5 Å². The van der Waals surface area contributed by atoms with Gasteiger partial charge in [-0.2, -0.15) is 13.2 Å². The fraction of sp³-hybridized carbons (Fsp3) is 0.579. The van der Waals surface area contributed by atoms with Gasteiger partial charge in [0.15, 0.2) is 6.29 Å². The summed E-state index contributed by atoms with van der Waals surface area (Å²) in [4.78, 5) is 0. The van der Waals surface area contributed by atoms with Crippen molar-refractivity contribution in [1.29, 1.82) is 0 Å². The molecule has 2 aliphatic rings. The number of aliphatic hydroxyl groups is 3. The summed E-state index contributed by atoms with van der Waals surface area (Å²) >= 11 is 0. The number of halogens is 3. The van der Waals surface area contributed by atoms with Gasteiger partial charge in [-0.15, -0.1) is 0 Å². The molecule has 3 rings (SSSR count). The Morgan fingerprint density at radius 1 is 1.26 bits per heavy atom. The number of alkyl halides is 3. The number of ether oxygens (including phenoxy) is 2. The van der Waals surface area contributed by atoms with E-state index >= 15 is 0 Å². The number of benzene rings is 1. The van der Waals surface area contributed by atoms with Crippen LogP contribution < -0.4 is 4.74 Å². The smallest absolute Gasteiger partial charge is 0.416 e. The number of aliphatic hydroxyl groups excluding tert-OH is 3. The van der Waals surface area contributed by atoms with Gasteiger partial charge in [0.05, 0.1) is 17.8 Å². The highest BCUT2D eigenvalue weighted by Gasteiger charge is 2.44. The molecule has 1 aromatic rings. The lowest BCUT2D eigenvalue weighted by Crippen LogP contribution is -2.33. The summed E-state index contributed by atoms with van der Waals surface area (Å²) in [7, 11) is 0. The van der Waals surface area contributed by atoms with Crippen LogP contribution in [0.1, 0.15) is 24.8 Å². The van der Waals surface area contributed by atoms with Gasteiger partial charge >= 0.3 is 6.18 Å². The predicted molar refractivity (Wildman–Crippen MR) is 89.8 cm³/mol. The molecule has 1 aliphatic heterocycles. The Morgan fingerprint density at radius 2 is 2.04 bits per heavy atom. The molecule has 1 heterocycles. The van der Waals surface area contributed by atoms with Crippen LogP contribution in [0, 0.1) is 11.8 Å². The Labute approximate surface area is 155 Å². The van der Waals surface area contributed by atoms with Crippen LogP contribution in [0.5, 0.6) is 5.75 Å². The van der Waals surface area contributed by atoms with Crippen molar-refractivity contribution in [2.75, 3.05) is 6.61 Å². The van der Waals surface area contributed by atoms with E-state index < -0.39 is 30.2 Å². The summed E-state index contributed by atoms with van der Waals surface area (Å²) in [6.07, 6.45) is -2.29. The number of hydrogen-bond acceptors (Lipinski definition) is 5. The van der Waals surface area contributed by atoms with E-state index in [1.54, 1.807) is 6.08 Å². The quantitative estimate of drug-likeness (QED) is 0.676. The molecule has 1 saturated carbocycles. The van der Waals surface area contributed by atoms with Gasteiger partial charge in [0.2, 0.25) is 0 Å². The van der Waals surface area contributed by atoms with Gasteiger partial charge in [0.25, 0.3) is 0 Å². The molecule has 1 aromatic carbocycles. The molecular formula is C19H23F3O5. The van der Waals surface area contributed by atoms with Gasteiger partial charge in [-0.1, -0.05) is 18.2 Å². The maximum Gasteiger partial charge on any atom is 0.416 e. The molecule has 6 atom stereocenters. The maximum absolute atomic E-state index is 12.7. The van der Waals surface area contributed by atoms with Gasteiger partial charge < -0.3 is 24.8 Å². The molecule has 150 valence electrons. The van der Waals surface area contributed by atoms with Gasteiger partial charge in [-0.3, -0.25) is 0 Å². The molecule has 0 radical (unpaired) electrons. The third-order valence-corrected chi connectivity index (χ3v) is 5.11. The van der Waals surface area contributed by atoms with Crippen LogP contribution in [0.4, 0.5) is 13.2 Å². The predicted octanol–water partition coefficient (Wildman–Crippen LogP) is 2.50. The zero-order valence-electron chi connectivity index (χ0n) is 14.5. The Bertz CT molecular complexity index is 663. The summed E-state index contributed by atoms with van der Waals surface area (Å²) in [6.45, 7) is -0.204. The van der Waals surface area contributed by atoms with E-state index in [1.807, 2.05) is 0 Å². The van der Waals surface area contributed by atoms with Crippen molar-refractivity contribution in [1.82, 2.24) is 0 Å². The summed E-state index contributed by atoms with van der Waals surface area (Å²) in [5.74, 6) is -0.116. The molecule has 0 amide bonds. The second-order valence-corrected chi connectivity index (χ2v) is 7.04. The molecule has 0 bridgehead atoms. The van der Waals surface area contributed by atoms with Crippen molar-refractivity contribution < 1.29 is 38.0 Å². The topological polar surface area (TPSA) is 79.2 Å². The second-order valence-electron chi connectivity index (χ2n) is 7.04.